The summed E-state index contributed by atoms with van der Waals surface area (Å²) in [4.78, 5) is 15.7. The molecular formula is C18H18F3N3O3. The molecule has 9 heteroatoms. The third-order valence-electron chi connectivity index (χ3n) is 3.56. The van der Waals surface area contributed by atoms with Gasteiger partial charge in [-0.25, -0.2) is 0 Å². The van der Waals surface area contributed by atoms with Gasteiger partial charge < -0.3 is 9.94 Å². The molecule has 0 fully saturated rings. The summed E-state index contributed by atoms with van der Waals surface area (Å²) < 4.78 is 38.9. The molecule has 0 spiro atoms. The third-order valence-corrected chi connectivity index (χ3v) is 3.56. The van der Waals surface area contributed by atoms with Crippen molar-refractivity contribution < 1.29 is 27.9 Å². The van der Waals surface area contributed by atoms with E-state index in [1.54, 1.807) is 12.1 Å². The van der Waals surface area contributed by atoms with Crippen LogP contribution in [-0.2, 0) is 15.8 Å². The van der Waals surface area contributed by atoms with Crippen molar-refractivity contribution in [1.82, 2.24) is 10.2 Å². The quantitative estimate of drug-likeness (QED) is 0.404. The minimum absolute atomic E-state index is 0.0817. The standard InChI is InChI=1S/C18H18F3N3O3/c19-18(20,21)14-7-4-6-13(12-14)17(15-8-5-10-22-23-15)24-27-11-3-1-2-9-16(25)26/h4-8,10,12H,1-3,9,11H2,(H,25,26)/b24-17+. The molecule has 0 atom stereocenters. The number of oxime groups is 1. The highest BCUT2D eigenvalue weighted by Gasteiger charge is 2.31. The van der Waals surface area contributed by atoms with Crippen LogP contribution in [0.3, 0.4) is 0 Å². The molecule has 0 amide bonds. The van der Waals surface area contributed by atoms with Gasteiger partial charge in [-0.05, 0) is 43.5 Å². The van der Waals surface area contributed by atoms with Crippen LogP contribution in [0.15, 0.2) is 47.8 Å². The minimum atomic E-state index is -4.48. The van der Waals surface area contributed by atoms with E-state index < -0.39 is 17.7 Å². The van der Waals surface area contributed by atoms with E-state index in [1.165, 1.54) is 18.3 Å². The number of aromatic nitrogens is 2. The summed E-state index contributed by atoms with van der Waals surface area (Å²) in [5, 5.41) is 20.1. The molecule has 2 rings (SSSR count). The van der Waals surface area contributed by atoms with E-state index in [0.717, 1.165) is 12.1 Å². The summed E-state index contributed by atoms with van der Waals surface area (Å²) in [6.07, 6.45) is -1.21. The molecule has 6 nitrogen and oxygen atoms in total. The fraction of sp³-hybridized carbons (Fsp3) is 0.333. The van der Waals surface area contributed by atoms with Gasteiger partial charge in [0.25, 0.3) is 0 Å². The van der Waals surface area contributed by atoms with Gasteiger partial charge >= 0.3 is 12.1 Å². The minimum Gasteiger partial charge on any atom is -0.481 e. The predicted octanol–water partition coefficient (Wildman–Crippen LogP) is 3.91. The third kappa shape index (κ3) is 6.69. The first kappa shape index (κ1) is 20.3. The van der Waals surface area contributed by atoms with Crippen molar-refractivity contribution in [1.29, 1.82) is 0 Å². The van der Waals surface area contributed by atoms with E-state index in [4.69, 9.17) is 9.94 Å². The molecule has 0 unspecified atom stereocenters. The number of hydrogen-bond donors (Lipinski definition) is 1. The van der Waals surface area contributed by atoms with Crippen LogP contribution >= 0.6 is 0 Å². The number of rotatable bonds is 9. The second kappa shape index (κ2) is 9.65. The Hall–Kier alpha value is -2.97. The molecule has 1 N–H and O–H groups in total. The molecule has 144 valence electrons. The van der Waals surface area contributed by atoms with E-state index >= 15 is 0 Å². The molecule has 0 saturated heterocycles. The van der Waals surface area contributed by atoms with Crippen LogP contribution in [0.1, 0.15) is 42.5 Å². The zero-order valence-corrected chi connectivity index (χ0v) is 14.3. The highest BCUT2D eigenvalue weighted by molar-refractivity contribution is 6.11. The molecule has 2 aromatic rings. The fourth-order valence-corrected chi connectivity index (χ4v) is 2.25. The highest BCUT2D eigenvalue weighted by atomic mass is 19.4. The van der Waals surface area contributed by atoms with Crippen LogP contribution in [0.4, 0.5) is 13.2 Å². The predicted molar refractivity (Wildman–Crippen MR) is 91.2 cm³/mol. The molecule has 0 aliphatic rings. The Balaban J connectivity index is 2.12. The number of aliphatic carboxylic acids is 1. The normalized spacial score (nSPS) is 12.0. The van der Waals surface area contributed by atoms with Gasteiger partial charge in [-0.1, -0.05) is 17.3 Å². The summed E-state index contributed by atoms with van der Waals surface area (Å²) in [5.41, 5.74) is -0.177. The Morgan fingerprint density at radius 1 is 1.15 bits per heavy atom. The molecular weight excluding hydrogens is 363 g/mol. The number of halogens is 3. The van der Waals surface area contributed by atoms with E-state index in [-0.39, 0.29) is 30.0 Å². The lowest BCUT2D eigenvalue weighted by atomic mass is 10.0. The van der Waals surface area contributed by atoms with E-state index in [9.17, 15) is 18.0 Å². The second-order valence-electron chi connectivity index (χ2n) is 5.66. The maximum absolute atomic E-state index is 13.0. The number of carbonyl (C=O) groups is 1. The number of carboxylic acid groups (broad SMARTS) is 1. The first-order chi connectivity index (χ1) is 12.9. The second-order valence-corrected chi connectivity index (χ2v) is 5.66. The average molecular weight is 381 g/mol. The van der Waals surface area contributed by atoms with Crippen LogP contribution in [-0.4, -0.2) is 33.6 Å². The lowest BCUT2D eigenvalue weighted by Gasteiger charge is -2.10. The first-order valence-corrected chi connectivity index (χ1v) is 8.25. The molecule has 1 heterocycles. The summed E-state index contributed by atoms with van der Waals surface area (Å²) >= 11 is 0. The summed E-state index contributed by atoms with van der Waals surface area (Å²) in [7, 11) is 0. The molecule has 0 saturated carbocycles. The van der Waals surface area contributed by atoms with Gasteiger partial charge in [0.05, 0.1) is 5.56 Å². The lowest BCUT2D eigenvalue weighted by Crippen LogP contribution is -2.11. The monoisotopic (exact) mass is 381 g/mol. The topological polar surface area (TPSA) is 84.7 Å². The molecule has 27 heavy (non-hydrogen) atoms. The van der Waals surface area contributed by atoms with Crippen molar-refractivity contribution >= 4 is 11.7 Å². The highest BCUT2D eigenvalue weighted by Crippen LogP contribution is 2.30. The Bertz CT molecular complexity index is 780. The van der Waals surface area contributed by atoms with Crippen LogP contribution in [0.2, 0.25) is 0 Å². The molecule has 1 aromatic heterocycles. The van der Waals surface area contributed by atoms with Crippen molar-refractivity contribution in [3.05, 3.63) is 59.4 Å². The average Bonchev–Trinajstić information content (AvgIpc) is 2.64. The van der Waals surface area contributed by atoms with Gasteiger partial charge in [0, 0.05) is 18.2 Å². The molecule has 0 aliphatic heterocycles. The molecule has 0 radical (unpaired) electrons. The van der Waals surface area contributed by atoms with Crippen molar-refractivity contribution in [2.24, 2.45) is 5.16 Å². The van der Waals surface area contributed by atoms with Gasteiger partial charge in [-0.15, -0.1) is 5.10 Å². The summed E-state index contributed by atoms with van der Waals surface area (Å²) in [5.74, 6) is -0.858. The van der Waals surface area contributed by atoms with Crippen molar-refractivity contribution in [3.8, 4) is 0 Å². The Labute approximate surface area is 153 Å². The van der Waals surface area contributed by atoms with Gasteiger partial charge in [-0.2, -0.15) is 18.3 Å². The van der Waals surface area contributed by atoms with Gasteiger partial charge in [-0.3, -0.25) is 4.79 Å². The van der Waals surface area contributed by atoms with Gasteiger partial charge in [0.1, 0.15) is 18.0 Å². The van der Waals surface area contributed by atoms with Crippen molar-refractivity contribution in [2.75, 3.05) is 6.61 Å². The van der Waals surface area contributed by atoms with Crippen LogP contribution in [0.25, 0.3) is 0 Å². The summed E-state index contributed by atoms with van der Waals surface area (Å²) in [6.45, 7) is 0.211. The number of carboxylic acids is 1. The zero-order chi connectivity index (χ0) is 19.7. The molecule has 0 bridgehead atoms. The smallest absolute Gasteiger partial charge is 0.416 e. The molecule has 1 aromatic carbocycles. The van der Waals surface area contributed by atoms with Crippen LogP contribution in [0.5, 0.6) is 0 Å². The van der Waals surface area contributed by atoms with Gasteiger partial charge in [0.2, 0.25) is 0 Å². The largest absolute Gasteiger partial charge is 0.481 e. The van der Waals surface area contributed by atoms with E-state index in [0.29, 0.717) is 19.3 Å². The Morgan fingerprint density at radius 3 is 2.63 bits per heavy atom. The van der Waals surface area contributed by atoms with Gasteiger partial charge in [0.15, 0.2) is 0 Å². The Morgan fingerprint density at radius 2 is 1.96 bits per heavy atom. The number of nitrogens with zero attached hydrogens (tertiary/aromatic N) is 3. The maximum Gasteiger partial charge on any atom is 0.416 e. The van der Waals surface area contributed by atoms with Crippen LogP contribution in [0, 0.1) is 0 Å². The number of hydrogen-bond acceptors (Lipinski definition) is 5. The lowest BCUT2D eigenvalue weighted by molar-refractivity contribution is -0.138. The molecule has 0 aliphatic carbocycles. The maximum atomic E-state index is 13.0. The van der Waals surface area contributed by atoms with Crippen LogP contribution < -0.4 is 0 Å². The van der Waals surface area contributed by atoms with Crippen molar-refractivity contribution in [2.45, 2.75) is 31.9 Å². The number of unbranched alkanes of at least 4 members (excludes halogenated alkanes) is 2. The SMILES string of the molecule is O=C(O)CCCCCO/N=C(\c1cccc(C(F)(F)F)c1)c1cccnn1. The number of alkyl halides is 3. The number of benzene rings is 1. The zero-order valence-electron chi connectivity index (χ0n) is 14.3. The Kier molecular flexibility index (Phi) is 7.27. The van der Waals surface area contributed by atoms with E-state index in [2.05, 4.69) is 15.4 Å². The first-order valence-electron chi connectivity index (χ1n) is 8.25. The van der Waals surface area contributed by atoms with Crippen molar-refractivity contribution in [3.63, 3.8) is 0 Å². The summed E-state index contributed by atoms with van der Waals surface area (Å²) in [6, 6.07) is 7.89. The van der Waals surface area contributed by atoms with E-state index in [1.807, 2.05) is 0 Å². The fourth-order valence-electron chi connectivity index (χ4n) is 2.25.